The van der Waals surface area contributed by atoms with Gasteiger partial charge in [-0.05, 0) is 18.6 Å². The van der Waals surface area contributed by atoms with Gasteiger partial charge in [0.05, 0.1) is 11.5 Å². The lowest BCUT2D eigenvalue weighted by Gasteiger charge is -2.08. The zero-order valence-corrected chi connectivity index (χ0v) is 9.86. The summed E-state index contributed by atoms with van der Waals surface area (Å²) in [5.74, 6) is -2.29. The van der Waals surface area contributed by atoms with Crippen molar-refractivity contribution in [3.63, 3.8) is 0 Å². The Balaban J connectivity index is 3.16. The summed E-state index contributed by atoms with van der Waals surface area (Å²) in [6.45, 7) is 1.96. The van der Waals surface area contributed by atoms with Gasteiger partial charge in [0.2, 0.25) is 0 Å². The van der Waals surface area contributed by atoms with E-state index in [2.05, 4.69) is 0 Å². The van der Waals surface area contributed by atoms with E-state index >= 15 is 0 Å². The van der Waals surface area contributed by atoms with Crippen LogP contribution >= 0.6 is 0 Å². The van der Waals surface area contributed by atoms with Crippen LogP contribution in [-0.2, 0) is 0 Å². The molecule has 1 aromatic rings. The van der Waals surface area contributed by atoms with Gasteiger partial charge in [-0.1, -0.05) is 6.92 Å². The Morgan fingerprint density at radius 3 is 2.53 bits per heavy atom. The van der Waals surface area contributed by atoms with Crippen molar-refractivity contribution < 1.29 is 27.6 Å². The summed E-state index contributed by atoms with van der Waals surface area (Å²) in [5, 5.41) is 10.7. The van der Waals surface area contributed by atoms with Gasteiger partial charge in [-0.2, -0.15) is 13.2 Å². The highest BCUT2D eigenvalue weighted by atomic mass is 19.4. The van der Waals surface area contributed by atoms with Gasteiger partial charge in [0.25, 0.3) is 5.78 Å². The number of nitrogens with zero attached hydrogens (tertiary/aromatic N) is 1. The van der Waals surface area contributed by atoms with Crippen LogP contribution in [0.5, 0.6) is 5.75 Å². The van der Waals surface area contributed by atoms with Crippen LogP contribution in [0.4, 0.5) is 18.9 Å². The fourth-order valence-electron chi connectivity index (χ4n) is 1.30. The summed E-state index contributed by atoms with van der Waals surface area (Å²) in [5.41, 5.74) is -1.45. The number of Topliss-reactive ketones (excluding diaryl/α,β-unsaturated/α-hetero) is 1. The van der Waals surface area contributed by atoms with Crippen molar-refractivity contribution in [1.29, 1.82) is 0 Å². The Hall–Kier alpha value is -2.12. The lowest BCUT2D eigenvalue weighted by atomic mass is 10.1. The molecule has 0 saturated carbocycles. The van der Waals surface area contributed by atoms with Gasteiger partial charge in [0.1, 0.15) is 0 Å². The molecule has 0 saturated heterocycles. The third-order valence-electron chi connectivity index (χ3n) is 2.14. The highest BCUT2D eigenvalue weighted by Gasteiger charge is 2.40. The third kappa shape index (κ3) is 3.67. The topological polar surface area (TPSA) is 69.4 Å². The summed E-state index contributed by atoms with van der Waals surface area (Å²) < 4.78 is 41.7. The highest BCUT2D eigenvalue weighted by Crippen LogP contribution is 2.30. The van der Waals surface area contributed by atoms with Gasteiger partial charge in [-0.25, -0.2) is 0 Å². The lowest BCUT2D eigenvalue weighted by molar-refractivity contribution is -0.385. The molecule has 0 unspecified atom stereocenters. The lowest BCUT2D eigenvalue weighted by Crippen LogP contribution is -2.22. The van der Waals surface area contributed by atoms with E-state index in [0.29, 0.717) is 12.5 Å². The molecule has 0 aliphatic carbocycles. The van der Waals surface area contributed by atoms with E-state index in [4.69, 9.17) is 4.74 Å². The zero-order valence-electron chi connectivity index (χ0n) is 9.86. The summed E-state index contributed by atoms with van der Waals surface area (Å²) >= 11 is 0. The second-order valence-corrected chi connectivity index (χ2v) is 3.61. The molecule has 0 N–H and O–H groups in total. The summed E-state index contributed by atoms with van der Waals surface area (Å²) in [6, 6.07) is 2.42. The van der Waals surface area contributed by atoms with Crippen LogP contribution in [0.3, 0.4) is 0 Å². The second-order valence-electron chi connectivity index (χ2n) is 3.61. The van der Waals surface area contributed by atoms with Crippen molar-refractivity contribution in [3.05, 3.63) is 33.9 Å². The summed E-state index contributed by atoms with van der Waals surface area (Å²) in [4.78, 5) is 20.8. The maximum Gasteiger partial charge on any atom is 0.454 e. The van der Waals surface area contributed by atoms with Crippen molar-refractivity contribution in [2.45, 2.75) is 19.5 Å². The van der Waals surface area contributed by atoms with Gasteiger partial charge in [-0.3, -0.25) is 14.9 Å². The number of alkyl halides is 3. The number of carbonyl (C=O) groups excluding carboxylic acids is 1. The van der Waals surface area contributed by atoms with Gasteiger partial charge < -0.3 is 4.74 Å². The fraction of sp³-hybridized carbons (Fsp3) is 0.364. The molecule has 0 radical (unpaired) electrons. The Kier molecular flexibility index (Phi) is 4.47. The fourth-order valence-corrected chi connectivity index (χ4v) is 1.30. The predicted octanol–water partition coefficient (Wildman–Crippen LogP) is 3.13. The maximum atomic E-state index is 12.2. The molecular weight excluding hydrogens is 267 g/mol. The van der Waals surface area contributed by atoms with E-state index in [0.717, 1.165) is 12.1 Å². The Labute approximate surface area is 106 Å². The number of carbonyl (C=O) groups is 1. The molecule has 0 spiro atoms. The van der Waals surface area contributed by atoms with Crippen molar-refractivity contribution >= 4 is 11.5 Å². The average molecular weight is 277 g/mol. The normalized spacial score (nSPS) is 11.2. The first kappa shape index (κ1) is 14.9. The Morgan fingerprint density at radius 1 is 1.42 bits per heavy atom. The van der Waals surface area contributed by atoms with E-state index in [1.807, 2.05) is 0 Å². The van der Waals surface area contributed by atoms with Crippen molar-refractivity contribution in [1.82, 2.24) is 0 Å². The highest BCUT2D eigenvalue weighted by molar-refractivity contribution is 6.01. The average Bonchev–Trinajstić information content (AvgIpc) is 2.34. The smallest absolute Gasteiger partial charge is 0.454 e. The molecule has 8 heteroatoms. The maximum absolute atomic E-state index is 12.2. The van der Waals surface area contributed by atoms with Crippen molar-refractivity contribution in [2.75, 3.05) is 6.61 Å². The Morgan fingerprint density at radius 2 is 2.05 bits per heavy atom. The molecule has 19 heavy (non-hydrogen) atoms. The van der Waals surface area contributed by atoms with Gasteiger partial charge in [-0.15, -0.1) is 0 Å². The predicted molar refractivity (Wildman–Crippen MR) is 59.3 cm³/mol. The molecule has 0 heterocycles. The molecule has 104 valence electrons. The number of nitro benzene ring substituents is 1. The molecule has 5 nitrogen and oxygen atoms in total. The number of rotatable bonds is 5. The summed E-state index contributed by atoms with van der Waals surface area (Å²) in [7, 11) is 0. The molecule has 0 aliphatic rings. The summed E-state index contributed by atoms with van der Waals surface area (Å²) in [6.07, 6.45) is -4.49. The number of ether oxygens (including phenoxy) is 1. The minimum Gasteiger partial charge on any atom is -0.487 e. The first-order chi connectivity index (χ1) is 8.77. The quantitative estimate of drug-likeness (QED) is 0.471. The number of hydrogen-bond donors (Lipinski definition) is 0. The third-order valence-corrected chi connectivity index (χ3v) is 2.14. The van der Waals surface area contributed by atoms with E-state index in [-0.39, 0.29) is 12.4 Å². The second kappa shape index (κ2) is 5.68. The number of halogens is 3. The van der Waals surface area contributed by atoms with Crippen LogP contribution in [-0.4, -0.2) is 23.5 Å². The molecule has 0 amide bonds. The molecule has 0 bridgehead atoms. The standard InChI is InChI=1S/C11H10F3NO4/c1-2-5-19-9-4-3-7(6-8(9)15(17)18)10(16)11(12,13)14/h3-4,6H,2,5H2,1H3. The van der Waals surface area contributed by atoms with E-state index in [9.17, 15) is 28.1 Å². The molecule has 1 aromatic carbocycles. The van der Waals surface area contributed by atoms with Crippen LogP contribution in [0, 0.1) is 10.1 Å². The Bertz CT molecular complexity index is 499. The van der Waals surface area contributed by atoms with E-state index in [1.165, 1.54) is 0 Å². The van der Waals surface area contributed by atoms with Crippen molar-refractivity contribution in [3.8, 4) is 5.75 Å². The van der Waals surface area contributed by atoms with Crippen LogP contribution in [0.15, 0.2) is 18.2 Å². The molecule has 0 atom stereocenters. The van der Waals surface area contributed by atoms with Crippen LogP contribution in [0.25, 0.3) is 0 Å². The minimum atomic E-state index is -5.07. The number of benzene rings is 1. The molecule has 0 fully saturated rings. The monoisotopic (exact) mass is 277 g/mol. The van der Waals surface area contributed by atoms with Gasteiger partial charge in [0.15, 0.2) is 5.75 Å². The number of ketones is 1. The minimum absolute atomic E-state index is 0.162. The molecule has 0 aliphatic heterocycles. The first-order valence-corrected chi connectivity index (χ1v) is 5.30. The zero-order chi connectivity index (χ0) is 14.6. The van der Waals surface area contributed by atoms with Crippen LogP contribution < -0.4 is 4.74 Å². The number of nitro groups is 1. The van der Waals surface area contributed by atoms with Gasteiger partial charge in [0, 0.05) is 11.6 Å². The largest absolute Gasteiger partial charge is 0.487 e. The van der Waals surface area contributed by atoms with E-state index < -0.39 is 28.1 Å². The molecule has 0 aromatic heterocycles. The van der Waals surface area contributed by atoms with E-state index in [1.54, 1.807) is 6.92 Å². The molecule has 1 rings (SSSR count). The SMILES string of the molecule is CCCOc1ccc(C(=O)C(F)(F)F)cc1[N+](=O)[O-]. The first-order valence-electron chi connectivity index (χ1n) is 5.30. The van der Waals surface area contributed by atoms with Crippen molar-refractivity contribution in [2.24, 2.45) is 0 Å². The van der Waals surface area contributed by atoms with Gasteiger partial charge >= 0.3 is 11.9 Å². The number of hydrogen-bond acceptors (Lipinski definition) is 4. The van der Waals surface area contributed by atoms with Crippen LogP contribution in [0.1, 0.15) is 23.7 Å². The van der Waals surface area contributed by atoms with Crippen LogP contribution in [0.2, 0.25) is 0 Å². The molecular formula is C11H10F3NO4.